The van der Waals surface area contributed by atoms with Crippen LogP contribution in [0.15, 0.2) is 18.2 Å². The molecular weight excluding hydrogens is 262 g/mol. The zero-order chi connectivity index (χ0) is 15.5. The fourth-order valence-electron chi connectivity index (χ4n) is 1.84. The summed E-state index contributed by atoms with van der Waals surface area (Å²) in [7, 11) is 1.10. The second kappa shape index (κ2) is 5.73. The van der Waals surface area contributed by atoms with Gasteiger partial charge >= 0.3 is 6.16 Å². The number of hydrogen-bond donors (Lipinski definition) is 2. The molecule has 0 unspecified atom stereocenters. The van der Waals surface area contributed by atoms with Gasteiger partial charge < -0.3 is 9.84 Å². The number of ether oxygens (including phenoxy) is 1. The molecule has 1 aliphatic rings. The molecule has 0 bridgehead atoms. The van der Waals surface area contributed by atoms with Gasteiger partial charge in [-0.1, -0.05) is 32.9 Å². The van der Waals surface area contributed by atoms with Gasteiger partial charge in [0, 0.05) is 0 Å². The average molecular weight is 279 g/mol. The van der Waals surface area contributed by atoms with Crippen LogP contribution in [0.2, 0.25) is 0 Å². The Labute approximate surface area is 116 Å². The van der Waals surface area contributed by atoms with Crippen molar-refractivity contribution in [1.82, 2.24) is 5.32 Å². The van der Waals surface area contributed by atoms with Gasteiger partial charge in [0.25, 0.3) is 11.8 Å². The molecule has 0 fully saturated rings. The third kappa shape index (κ3) is 3.34. The van der Waals surface area contributed by atoms with E-state index in [2.05, 4.69) is 10.1 Å². The van der Waals surface area contributed by atoms with Gasteiger partial charge in [0.15, 0.2) is 0 Å². The van der Waals surface area contributed by atoms with Crippen molar-refractivity contribution in [2.45, 2.75) is 26.2 Å². The Morgan fingerprint density at radius 3 is 2.20 bits per heavy atom. The first-order chi connectivity index (χ1) is 9.18. The first kappa shape index (κ1) is 15.7. The lowest BCUT2D eigenvalue weighted by atomic mass is 9.82. The number of carbonyl (C=O) groups is 3. The standard InChI is InChI=1S/C12H13NO2.C2H4O3/c1-12(2,3)8-6-4-5-7-9(8)11(15)13-10(7)14;1-5-2(3)4/h4-6H,1-3H3,(H,13,14,15);1H3,(H,3,4). The number of amides is 2. The number of carboxylic acid groups (broad SMARTS) is 1. The van der Waals surface area contributed by atoms with Crippen LogP contribution in [0, 0.1) is 0 Å². The number of nitrogens with one attached hydrogen (secondary N) is 1. The van der Waals surface area contributed by atoms with Crippen LogP contribution in [-0.4, -0.2) is 30.2 Å². The molecule has 0 atom stereocenters. The number of imide groups is 1. The highest BCUT2D eigenvalue weighted by molar-refractivity contribution is 6.22. The summed E-state index contributed by atoms with van der Waals surface area (Å²) < 4.78 is 3.67. The normalized spacial score (nSPS) is 13.0. The van der Waals surface area contributed by atoms with E-state index in [-0.39, 0.29) is 17.2 Å². The summed E-state index contributed by atoms with van der Waals surface area (Å²) in [5, 5.41) is 9.82. The van der Waals surface area contributed by atoms with E-state index in [0.29, 0.717) is 11.1 Å². The predicted octanol–water partition coefficient (Wildman–Crippen LogP) is 2.18. The minimum Gasteiger partial charge on any atom is -0.450 e. The van der Waals surface area contributed by atoms with Gasteiger partial charge in [-0.05, 0) is 17.0 Å². The average Bonchev–Trinajstić information content (AvgIpc) is 2.65. The Hall–Kier alpha value is -2.37. The van der Waals surface area contributed by atoms with Gasteiger partial charge in [0.1, 0.15) is 0 Å². The molecule has 1 aliphatic heterocycles. The van der Waals surface area contributed by atoms with Crippen LogP contribution in [0.4, 0.5) is 4.79 Å². The van der Waals surface area contributed by atoms with Crippen molar-refractivity contribution in [2.75, 3.05) is 7.11 Å². The molecule has 2 amide bonds. The van der Waals surface area contributed by atoms with Crippen molar-refractivity contribution >= 4 is 18.0 Å². The highest BCUT2D eigenvalue weighted by Crippen LogP contribution is 2.30. The highest BCUT2D eigenvalue weighted by Gasteiger charge is 2.32. The van der Waals surface area contributed by atoms with E-state index in [9.17, 15) is 9.59 Å². The zero-order valence-corrected chi connectivity index (χ0v) is 11.8. The number of benzene rings is 1. The summed E-state index contributed by atoms with van der Waals surface area (Å²) in [4.78, 5) is 32.2. The van der Waals surface area contributed by atoms with E-state index in [1.165, 1.54) is 0 Å². The summed E-state index contributed by atoms with van der Waals surface area (Å²) in [5.74, 6) is -0.568. The predicted molar refractivity (Wildman–Crippen MR) is 72.0 cm³/mol. The third-order valence-electron chi connectivity index (χ3n) is 2.75. The van der Waals surface area contributed by atoms with E-state index in [1.807, 2.05) is 32.9 Å². The molecule has 6 nitrogen and oxygen atoms in total. The first-order valence-corrected chi connectivity index (χ1v) is 5.94. The smallest absolute Gasteiger partial charge is 0.450 e. The topological polar surface area (TPSA) is 92.7 Å². The number of carbonyl (C=O) groups excluding carboxylic acids is 2. The molecule has 20 heavy (non-hydrogen) atoms. The number of fused-ring (bicyclic) bond motifs is 1. The van der Waals surface area contributed by atoms with E-state index in [1.54, 1.807) is 6.07 Å². The molecule has 2 N–H and O–H groups in total. The molecule has 0 saturated heterocycles. The largest absolute Gasteiger partial charge is 0.505 e. The van der Waals surface area contributed by atoms with Gasteiger partial charge in [-0.15, -0.1) is 0 Å². The Kier molecular flexibility index (Phi) is 4.49. The summed E-state index contributed by atoms with van der Waals surface area (Å²) in [6, 6.07) is 5.40. The Bertz CT molecular complexity index is 557. The second-order valence-corrected chi connectivity index (χ2v) is 5.23. The van der Waals surface area contributed by atoms with Crippen molar-refractivity contribution in [1.29, 1.82) is 0 Å². The summed E-state index contributed by atoms with van der Waals surface area (Å²) >= 11 is 0. The second-order valence-electron chi connectivity index (χ2n) is 5.23. The molecule has 0 saturated carbocycles. The third-order valence-corrected chi connectivity index (χ3v) is 2.75. The van der Waals surface area contributed by atoms with Crippen LogP contribution in [0.1, 0.15) is 47.1 Å². The maximum atomic E-state index is 11.6. The number of rotatable bonds is 0. The molecule has 0 aromatic heterocycles. The minimum absolute atomic E-state index is 0.132. The van der Waals surface area contributed by atoms with Crippen molar-refractivity contribution in [3.8, 4) is 0 Å². The lowest BCUT2D eigenvalue weighted by Gasteiger charge is -2.21. The fraction of sp³-hybridized carbons (Fsp3) is 0.357. The number of methoxy groups -OCH3 is 1. The van der Waals surface area contributed by atoms with E-state index >= 15 is 0 Å². The van der Waals surface area contributed by atoms with Crippen LogP contribution in [-0.2, 0) is 10.2 Å². The van der Waals surface area contributed by atoms with Gasteiger partial charge in [-0.25, -0.2) is 4.79 Å². The maximum Gasteiger partial charge on any atom is 0.505 e. The summed E-state index contributed by atoms with van der Waals surface area (Å²) in [5.41, 5.74) is 1.82. The maximum absolute atomic E-state index is 11.6. The first-order valence-electron chi connectivity index (χ1n) is 5.94. The molecule has 108 valence electrons. The zero-order valence-electron chi connectivity index (χ0n) is 11.8. The quantitative estimate of drug-likeness (QED) is 0.561. The van der Waals surface area contributed by atoms with E-state index in [0.717, 1.165) is 12.7 Å². The molecular formula is C14H17NO5. The van der Waals surface area contributed by atoms with Gasteiger partial charge in [-0.2, -0.15) is 0 Å². The number of hydrogen-bond acceptors (Lipinski definition) is 4. The molecule has 0 radical (unpaired) electrons. The summed E-state index contributed by atoms with van der Waals surface area (Å²) in [6.07, 6.45) is -1.25. The van der Waals surface area contributed by atoms with Gasteiger partial charge in [0.05, 0.1) is 18.2 Å². The summed E-state index contributed by atoms with van der Waals surface area (Å²) in [6.45, 7) is 6.08. The lowest BCUT2D eigenvalue weighted by Crippen LogP contribution is -2.22. The van der Waals surface area contributed by atoms with E-state index < -0.39 is 6.16 Å². The Morgan fingerprint density at radius 1 is 1.20 bits per heavy atom. The Balaban J connectivity index is 0.000000347. The van der Waals surface area contributed by atoms with Crippen LogP contribution < -0.4 is 5.32 Å². The molecule has 1 aromatic carbocycles. The van der Waals surface area contributed by atoms with Crippen molar-refractivity contribution in [2.24, 2.45) is 0 Å². The van der Waals surface area contributed by atoms with Gasteiger partial charge in [-0.3, -0.25) is 14.9 Å². The lowest BCUT2D eigenvalue weighted by molar-refractivity contribution is 0.0878. The molecule has 1 aromatic rings. The van der Waals surface area contributed by atoms with Crippen LogP contribution in [0.25, 0.3) is 0 Å². The van der Waals surface area contributed by atoms with Crippen molar-refractivity contribution < 1.29 is 24.2 Å². The monoisotopic (exact) mass is 279 g/mol. The van der Waals surface area contributed by atoms with E-state index in [4.69, 9.17) is 9.90 Å². The van der Waals surface area contributed by atoms with Gasteiger partial charge in [0.2, 0.25) is 0 Å². The highest BCUT2D eigenvalue weighted by atomic mass is 16.6. The molecule has 0 spiro atoms. The van der Waals surface area contributed by atoms with Crippen LogP contribution in [0.3, 0.4) is 0 Å². The SMILES string of the molecule is CC(C)(C)c1cccc2c1C(=O)NC2=O.COC(=O)O. The van der Waals surface area contributed by atoms with Crippen LogP contribution >= 0.6 is 0 Å². The van der Waals surface area contributed by atoms with Crippen LogP contribution in [0.5, 0.6) is 0 Å². The molecule has 1 heterocycles. The molecule has 6 heteroatoms. The van der Waals surface area contributed by atoms with Crippen molar-refractivity contribution in [3.63, 3.8) is 0 Å². The fourth-order valence-corrected chi connectivity index (χ4v) is 1.84. The minimum atomic E-state index is -1.25. The molecule has 2 rings (SSSR count). The Morgan fingerprint density at radius 2 is 1.75 bits per heavy atom. The van der Waals surface area contributed by atoms with Crippen molar-refractivity contribution in [3.05, 3.63) is 34.9 Å². The molecule has 0 aliphatic carbocycles.